The second kappa shape index (κ2) is 11.8. The minimum atomic E-state index is 0.879. The minimum absolute atomic E-state index is 0.879. The number of hydrogen-bond donors (Lipinski definition) is 0. The molecule has 0 aliphatic heterocycles. The minimum Gasteiger partial charge on any atom is -0.0984 e. The first-order valence-corrected chi connectivity index (χ1v) is 13.4. The Morgan fingerprint density at radius 1 is 0.763 bits per heavy atom. The molecule has 0 atom stereocenters. The molecule has 5 aromatic rings. The van der Waals surface area contributed by atoms with Gasteiger partial charge in [-0.3, -0.25) is 0 Å². The number of allylic oxidation sites excluding steroid dienone is 4. The Kier molecular flexibility index (Phi) is 7.81. The van der Waals surface area contributed by atoms with Crippen molar-refractivity contribution < 1.29 is 0 Å². The van der Waals surface area contributed by atoms with Crippen LogP contribution in [0.5, 0.6) is 0 Å². The molecule has 38 heavy (non-hydrogen) atoms. The third-order valence-electron chi connectivity index (χ3n) is 7.32. The predicted molar refractivity (Wildman–Crippen MR) is 168 cm³/mol. The van der Waals surface area contributed by atoms with Crippen molar-refractivity contribution in [1.29, 1.82) is 0 Å². The van der Waals surface area contributed by atoms with E-state index in [-0.39, 0.29) is 0 Å². The standard InChI is InChI=1S/C38H34/c1-4-35(29(3)21-23-31-15-7-5-13-28(31)2)38-26-25-33(36-19-11-12-20-37(36)38)17-8-6-14-30-22-24-32-16-9-10-18-34(32)27-30/h4-7,9-22,24-27H,1,8,23H2,2-3H3/b14-6?,29-21+,33-17-,38-35+. The lowest BCUT2D eigenvalue weighted by molar-refractivity contribution is 1.20. The molecule has 0 aromatic heterocycles. The SMILES string of the molecule is C=CC(/C(C)=C/Cc1ccccc1C)=c1/cc/c(=C/CC=Cc2ccc3ccccc3c2)c2ccccc12. The van der Waals surface area contributed by atoms with Crippen molar-refractivity contribution in [2.45, 2.75) is 26.7 Å². The van der Waals surface area contributed by atoms with Gasteiger partial charge in [-0.2, -0.15) is 0 Å². The van der Waals surface area contributed by atoms with Gasteiger partial charge in [0.1, 0.15) is 0 Å². The number of rotatable bonds is 7. The largest absolute Gasteiger partial charge is 0.0984 e. The van der Waals surface area contributed by atoms with E-state index in [1.165, 1.54) is 59.8 Å². The molecule has 0 spiro atoms. The molecule has 5 aromatic carbocycles. The summed E-state index contributed by atoms with van der Waals surface area (Å²) in [6.07, 6.45) is 12.9. The van der Waals surface area contributed by atoms with E-state index >= 15 is 0 Å². The molecule has 0 amide bonds. The first-order valence-electron chi connectivity index (χ1n) is 13.4. The summed E-state index contributed by atoms with van der Waals surface area (Å²) in [6, 6.07) is 36.9. The number of aryl methyl sites for hydroxylation is 1. The van der Waals surface area contributed by atoms with Crippen molar-refractivity contribution in [2.75, 3.05) is 0 Å². The highest BCUT2D eigenvalue weighted by Gasteiger charge is 2.04. The lowest BCUT2D eigenvalue weighted by Gasteiger charge is -2.08. The Bertz CT molecular complexity index is 1790. The fraction of sp³-hybridized carbons (Fsp3) is 0.105. The van der Waals surface area contributed by atoms with Crippen molar-refractivity contribution in [3.8, 4) is 0 Å². The van der Waals surface area contributed by atoms with Crippen molar-refractivity contribution in [3.63, 3.8) is 0 Å². The van der Waals surface area contributed by atoms with Gasteiger partial charge in [-0.1, -0.05) is 134 Å². The molecule has 0 radical (unpaired) electrons. The molecule has 0 saturated carbocycles. The summed E-state index contributed by atoms with van der Waals surface area (Å²) in [5.41, 5.74) is 6.37. The van der Waals surface area contributed by atoms with Gasteiger partial charge in [-0.25, -0.2) is 0 Å². The van der Waals surface area contributed by atoms with Crippen LogP contribution in [0.15, 0.2) is 134 Å². The Labute approximate surface area is 226 Å². The van der Waals surface area contributed by atoms with Gasteiger partial charge in [0, 0.05) is 0 Å². The maximum Gasteiger partial charge on any atom is -0.00889 e. The summed E-state index contributed by atoms with van der Waals surface area (Å²) in [5, 5.41) is 7.58. The highest BCUT2D eigenvalue weighted by atomic mass is 14.1. The highest BCUT2D eigenvalue weighted by Crippen LogP contribution is 2.18. The van der Waals surface area contributed by atoms with Crippen molar-refractivity contribution in [1.82, 2.24) is 0 Å². The maximum atomic E-state index is 4.17. The summed E-state index contributed by atoms with van der Waals surface area (Å²) in [5.74, 6) is 0. The van der Waals surface area contributed by atoms with E-state index in [1.807, 2.05) is 6.08 Å². The quantitative estimate of drug-likeness (QED) is 0.214. The molecular formula is C38H34. The summed E-state index contributed by atoms with van der Waals surface area (Å²) in [7, 11) is 0. The van der Waals surface area contributed by atoms with Gasteiger partial charge in [0.05, 0.1) is 0 Å². The zero-order valence-electron chi connectivity index (χ0n) is 22.3. The molecule has 0 aliphatic carbocycles. The van der Waals surface area contributed by atoms with Crippen LogP contribution in [-0.4, -0.2) is 0 Å². The molecule has 0 fully saturated rings. The molecule has 186 valence electrons. The van der Waals surface area contributed by atoms with Crippen molar-refractivity contribution in [3.05, 3.63) is 161 Å². The normalized spacial score (nSPS) is 13.4. The second-order valence-corrected chi connectivity index (χ2v) is 9.83. The Balaban J connectivity index is 1.46. The zero-order valence-corrected chi connectivity index (χ0v) is 22.3. The van der Waals surface area contributed by atoms with E-state index in [4.69, 9.17) is 0 Å². The van der Waals surface area contributed by atoms with Crippen molar-refractivity contribution in [2.24, 2.45) is 0 Å². The average Bonchev–Trinajstić information content (AvgIpc) is 2.96. The Morgan fingerprint density at radius 3 is 2.32 bits per heavy atom. The maximum absolute atomic E-state index is 4.17. The molecular weight excluding hydrogens is 456 g/mol. The smallest absolute Gasteiger partial charge is 0.00889 e. The van der Waals surface area contributed by atoms with Gasteiger partial charge < -0.3 is 0 Å². The van der Waals surface area contributed by atoms with E-state index in [9.17, 15) is 0 Å². The van der Waals surface area contributed by atoms with Gasteiger partial charge in [0.2, 0.25) is 0 Å². The van der Waals surface area contributed by atoms with Crippen LogP contribution in [0.1, 0.15) is 30.0 Å². The molecule has 0 heterocycles. The molecule has 0 saturated heterocycles. The third kappa shape index (κ3) is 5.61. The van der Waals surface area contributed by atoms with E-state index in [0.717, 1.165) is 12.8 Å². The molecule has 0 unspecified atom stereocenters. The third-order valence-corrected chi connectivity index (χ3v) is 7.32. The topological polar surface area (TPSA) is 0 Å². The molecule has 0 heteroatoms. The Hall–Kier alpha value is -4.42. The lowest BCUT2D eigenvalue weighted by Crippen LogP contribution is -2.14. The zero-order chi connectivity index (χ0) is 26.3. The fourth-order valence-corrected chi connectivity index (χ4v) is 5.14. The number of hydrogen-bond acceptors (Lipinski definition) is 0. The first kappa shape index (κ1) is 25.2. The van der Waals surface area contributed by atoms with Crippen LogP contribution in [0.2, 0.25) is 0 Å². The van der Waals surface area contributed by atoms with Crippen LogP contribution in [-0.2, 0) is 6.42 Å². The van der Waals surface area contributed by atoms with Crippen LogP contribution in [0, 0.1) is 6.92 Å². The summed E-state index contributed by atoms with van der Waals surface area (Å²) in [6.45, 7) is 8.55. The summed E-state index contributed by atoms with van der Waals surface area (Å²) in [4.78, 5) is 0. The van der Waals surface area contributed by atoms with Crippen LogP contribution >= 0.6 is 0 Å². The Morgan fingerprint density at radius 2 is 1.50 bits per heavy atom. The van der Waals surface area contributed by atoms with E-state index in [2.05, 4.69) is 148 Å². The monoisotopic (exact) mass is 490 g/mol. The summed E-state index contributed by atoms with van der Waals surface area (Å²) >= 11 is 0. The average molecular weight is 491 g/mol. The molecule has 0 bridgehead atoms. The molecule has 5 rings (SSSR count). The number of fused-ring (bicyclic) bond motifs is 2. The molecule has 0 aliphatic rings. The lowest BCUT2D eigenvalue weighted by atomic mass is 9.96. The van der Waals surface area contributed by atoms with E-state index < -0.39 is 0 Å². The first-order chi connectivity index (χ1) is 18.6. The highest BCUT2D eigenvalue weighted by molar-refractivity contribution is 5.89. The van der Waals surface area contributed by atoms with Crippen LogP contribution in [0.3, 0.4) is 0 Å². The van der Waals surface area contributed by atoms with Crippen molar-refractivity contribution >= 4 is 39.3 Å². The van der Waals surface area contributed by atoms with Gasteiger partial charge in [-0.15, -0.1) is 0 Å². The van der Waals surface area contributed by atoms with Gasteiger partial charge in [0.25, 0.3) is 0 Å². The molecule has 0 N–H and O–H groups in total. The molecule has 0 nitrogen and oxygen atoms in total. The summed E-state index contributed by atoms with van der Waals surface area (Å²) < 4.78 is 0. The van der Waals surface area contributed by atoms with Crippen LogP contribution in [0.4, 0.5) is 0 Å². The van der Waals surface area contributed by atoms with Crippen LogP contribution < -0.4 is 10.4 Å². The van der Waals surface area contributed by atoms with E-state index in [1.54, 1.807) is 0 Å². The van der Waals surface area contributed by atoms with Gasteiger partial charge in [0.15, 0.2) is 0 Å². The predicted octanol–water partition coefficient (Wildman–Crippen LogP) is 8.71. The fourth-order valence-electron chi connectivity index (χ4n) is 5.14. The van der Waals surface area contributed by atoms with Gasteiger partial charge in [-0.05, 0) is 92.6 Å². The van der Waals surface area contributed by atoms with Crippen LogP contribution in [0.25, 0.3) is 39.3 Å². The second-order valence-electron chi connectivity index (χ2n) is 9.83. The van der Waals surface area contributed by atoms with Gasteiger partial charge >= 0.3 is 0 Å². The van der Waals surface area contributed by atoms with E-state index in [0.29, 0.717) is 0 Å². The number of benzene rings is 5.